The van der Waals surface area contributed by atoms with Crippen LogP contribution in [0.5, 0.6) is 0 Å². The third-order valence-electron chi connectivity index (χ3n) is 3.04. The van der Waals surface area contributed by atoms with Crippen LogP contribution in [0.4, 0.5) is 10.1 Å². The van der Waals surface area contributed by atoms with Gasteiger partial charge in [-0.2, -0.15) is 0 Å². The Morgan fingerprint density at radius 2 is 1.95 bits per heavy atom. The second-order valence-electron chi connectivity index (χ2n) is 4.47. The number of carbonyl (C=O) groups excluding carboxylic acids is 1. The van der Waals surface area contributed by atoms with Crippen molar-refractivity contribution in [3.05, 3.63) is 71.1 Å². The molecule has 1 N–H and O–H groups in total. The summed E-state index contributed by atoms with van der Waals surface area (Å²) in [5.41, 5.74) is 1.45. The van der Waals surface area contributed by atoms with Crippen LogP contribution < -0.4 is 5.32 Å². The molecule has 21 heavy (non-hydrogen) atoms. The number of anilines is 1. The van der Waals surface area contributed by atoms with Crippen molar-refractivity contribution in [3.63, 3.8) is 0 Å². The van der Waals surface area contributed by atoms with E-state index in [2.05, 4.69) is 10.3 Å². The highest BCUT2D eigenvalue weighted by molar-refractivity contribution is 6.34. The predicted octanol–water partition coefficient (Wildman–Crippen LogP) is 4.28. The molecule has 0 saturated carbocycles. The maximum absolute atomic E-state index is 13.4. The van der Waals surface area contributed by atoms with Crippen LogP contribution in [0, 0.1) is 5.82 Å². The van der Waals surface area contributed by atoms with E-state index < -0.39 is 11.7 Å². The minimum absolute atomic E-state index is 0.0878. The molecule has 0 aliphatic heterocycles. The van der Waals surface area contributed by atoms with Gasteiger partial charge >= 0.3 is 0 Å². The Kier molecular flexibility index (Phi) is 3.54. The van der Waals surface area contributed by atoms with Gasteiger partial charge in [-0.05, 0) is 24.3 Å². The maximum Gasteiger partial charge on any atom is 0.257 e. The lowest BCUT2D eigenvalue weighted by atomic mass is 10.2. The van der Waals surface area contributed by atoms with Crippen molar-refractivity contribution in [1.29, 1.82) is 0 Å². The first-order chi connectivity index (χ1) is 10.1. The first-order valence-corrected chi connectivity index (χ1v) is 6.63. The molecule has 0 bridgehead atoms. The Morgan fingerprint density at radius 1 is 1.14 bits per heavy atom. The third kappa shape index (κ3) is 2.71. The first-order valence-electron chi connectivity index (χ1n) is 6.25. The molecule has 0 fully saturated rings. The van der Waals surface area contributed by atoms with Crippen LogP contribution in [0.2, 0.25) is 5.02 Å². The van der Waals surface area contributed by atoms with Crippen molar-refractivity contribution in [3.8, 4) is 0 Å². The number of fused-ring (bicyclic) bond motifs is 1. The zero-order valence-electron chi connectivity index (χ0n) is 10.8. The lowest BCUT2D eigenvalue weighted by Crippen LogP contribution is -2.13. The number of aromatic nitrogens is 1. The summed E-state index contributed by atoms with van der Waals surface area (Å²) < 4.78 is 13.4. The lowest BCUT2D eigenvalue weighted by Gasteiger charge is -2.07. The van der Waals surface area contributed by atoms with E-state index in [4.69, 9.17) is 11.6 Å². The van der Waals surface area contributed by atoms with Crippen molar-refractivity contribution in [1.82, 2.24) is 4.98 Å². The minimum atomic E-state index is -0.624. The topological polar surface area (TPSA) is 42.0 Å². The molecule has 3 rings (SSSR count). The van der Waals surface area contributed by atoms with Crippen LogP contribution >= 0.6 is 11.6 Å². The lowest BCUT2D eigenvalue weighted by molar-refractivity contribution is 0.102. The highest BCUT2D eigenvalue weighted by Crippen LogP contribution is 2.22. The molecular weight excluding hydrogens is 291 g/mol. The molecule has 5 heteroatoms. The SMILES string of the molecule is O=C(Nc1cnc2ccccc2c1)c1cccc(F)c1Cl. The monoisotopic (exact) mass is 300 g/mol. The summed E-state index contributed by atoms with van der Waals surface area (Å²) in [6.45, 7) is 0. The fourth-order valence-corrected chi connectivity index (χ4v) is 2.23. The fourth-order valence-electron chi connectivity index (χ4n) is 2.02. The number of carbonyl (C=O) groups is 1. The average Bonchev–Trinajstić information content (AvgIpc) is 2.50. The van der Waals surface area contributed by atoms with Crippen molar-refractivity contribution in [2.45, 2.75) is 0 Å². The normalized spacial score (nSPS) is 10.6. The summed E-state index contributed by atoms with van der Waals surface area (Å²) in [5, 5.41) is 3.38. The van der Waals surface area contributed by atoms with E-state index in [1.54, 1.807) is 12.3 Å². The molecule has 1 aromatic heterocycles. The second-order valence-corrected chi connectivity index (χ2v) is 4.85. The maximum atomic E-state index is 13.4. The minimum Gasteiger partial charge on any atom is -0.321 e. The van der Waals surface area contributed by atoms with Gasteiger partial charge in [0, 0.05) is 5.39 Å². The van der Waals surface area contributed by atoms with E-state index in [9.17, 15) is 9.18 Å². The molecule has 0 saturated heterocycles. The van der Waals surface area contributed by atoms with E-state index in [0.29, 0.717) is 5.69 Å². The largest absolute Gasteiger partial charge is 0.321 e. The number of para-hydroxylation sites is 1. The molecule has 0 atom stereocenters. The highest BCUT2D eigenvalue weighted by Gasteiger charge is 2.13. The number of nitrogens with zero attached hydrogens (tertiary/aromatic N) is 1. The predicted molar refractivity (Wildman–Crippen MR) is 81.1 cm³/mol. The second kappa shape index (κ2) is 5.50. The Bertz CT molecular complexity index is 835. The van der Waals surface area contributed by atoms with Crippen molar-refractivity contribution >= 4 is 34.1 Å². The molecule has 0 spiro atoms. The van der Waals surface area contributed by atoms with E-state index in [1.165, 1.54) is 18.2 Å². The quantitative estimate of drug-likeness (QED) is 0.767. The first kappa shape index (κ1) is 13.5. The number of halogens is 2. The Morgan fingerprint density at radius 3 is 2.81 bits per heavy atom. The molecular formula is C16H10ClFN2O. The molecule has 104 valence electrons. The summed E-state index contributed by atoms with van der Waals surface area (Å²) in [7, 11) is 0. The van der Waals surface area contributed by atoms with Crippen LogP contribution in [0.25, 0.3) is 10.9 Å². The van der Waals surface area contributed by atoms with Gasteiger partial charge in [0.2, 0.25) is 0 Å². The summed E-state index contributed by atoms with van der Waals surface area (Å²) in [6, 6.07) is 13.5. The standard InChI is InChI=1S/C16H10ClFN2O/c17-15-12(5-3-6-13(15)18)16(21)20-11-8-10-4-1-2-7-14(10)19-9-11/h1-9H,(H,20,21). The van der Waals surface area contributed by atoms with Crippen LogP contribution in [0.15, 0.2) is 54.7 Å². The van der Waals surface area contributed by atoms with Gasteiger partial charge in [0.05, 0.1) is 28.0 Å². The van der Waals surface area contributed by atoms with Gasteiger partial charge in [0.1, 0.15) is 5.82 Å². The van der Waals surface area contributed by atoms with Crippen LogP contribution in [-0.2, 0) is 0 Å². The van der Waals surface area contributed by atoms with E-state index in [-0.39, 0.29) is 10.6 Å². The molecule has 1 heterocycles. The summed E-state index contributed by atoms with van der Waals surface area (Å²) in [4.78, 5) is 16.4. The Labute approximate surface area is 125 Å². The zero-order valence-corrected chi connectivity index (χ0v) is 11.6. The van der Waals surface area contributed by atoms with Gasteiger partial charge in [0.15, 0.2) is 0 Å². The fraction of sp³-hybridized carbons (Fsp3) is 0. The number of rotatable bonds is 2. The van der Waals surface area contributed by atoms with Crippen LogP contribution in [-0.4, -0.2) is 10.9 Å². The van der Waals surface area contributed by atoms with Gasteiger partial charge in [-0.3, -0.25) is 9.78 Å². The molecule has 3 nitrogen and oxygen atoms in total. The summed E-state index contributed by atoms with van der Waals surface area (Å²) in [5.74, 6) is -1.10. The van der Waals surface area contributed by atoms with Crippen molar-refractivity contribution < 1.29 is 9.18 Å². The molecule has 2 aromatic carbocycles. The number of hydrogen-bond acceptors (Lipinski definition) is 2. The molecule has 3 aromatic rings. The highest BCUT2D eigenvalue weighted by atomic mass is 35.5. The summed E-state index contributed by atoms with van der Waals surface area (Å²) in [6.07, 6.45) is 1.55. The Hall–Kier alpha value is -2.46. The number of pyridine rings is 1. The number of nitrogens with one attached hydrogen (secondary N) is 1. The smallest absolute Gasteiger partial charge is 0.257 e. The molecule has 0 unspecified atom stereocenters. The van der Waals surface area contributed by atoms with Gasteiger partial charge < -0.3 is 5.32 Å². The van der Waals surface area contributed by atoms with Crippen LogP contribution in [0.3, 0.4) is 0 Å². The molecule has 0 aliphatic rings. The van der Waals surface area contributed by atoms with Crippen LogP contribution in [0.1, 0.15) is 10.4 Å². The van der Waals surface area contributed by atoms with Gasteiger partial charge in [0.25, 0.3) is 5.91 Å². The van der Waals surface area contributed by atoms with Gasteiger partial charge in [-0.25, -0.2) is 4.39 Å². The molecule has 0 aliphatic carbocycles. The number of amides is 1. The van der Waals surface area contributed by atoms with E-state index in [0.717, 1.165) is 10.9 Å². The van der Waals surface area contributed by atoms with Crippen molar-refractivity contribution in [2.75, 3.05) is 5.32 Å². The van der Waals surface area contributed by atoms with Gasteiger partial charge in [-0.1, -0.05) is 35.9 Å². The van der Waals surface area contributed by atoms with Gasteiger partial charge in [-0.15, -0.1) is 0 Å². The Balaban J connectivity index is 1.91. The zero-order chi connectivity index (χ0) is 14.8. The molecule has 1 amide bonds. The van der Waals surface area contributed by atoms with E-state index >= 15 is 0 Å². The number of benzene rings is 2. The number of hydrogen-bond donors (Lipinski definition) is 1. The third-order valence-corrected chi connectivity index (χ3v) is 3.43. The summed E-state index contributed by atoms with van der Waals surface area (Å²) >= 11 is 5.80. The molecule has 0 radical (unpaired) electrons. The average molecular weight is 301 g/mol. The van der Waals surface area contributed by atoms with E-state index in [1.807, 2.05) is 24.3 Å². The van der Waals surface area contributed by atoms with Crippen molar-refractivity contribution in [2.24, 2.45) is 0 Å².